The first-order valence-corrected chi connectivity index (χ1v) is 15.5. The molecule has 0 N–H and O–H groups in total. The van der Waals surface area contributed by atoms with E-state index in [1.807, 2.05) is 19.0 Å². The standard InChI is InChI=1S/C33H57NO2/c1-9-24(22(2)3)11-10-23(4)28-14-15-29-27-13-12-25-20-26(36-31(35)21-34(7)8)16-18-32(25,5)30(27)17-19-33(28,29)6/h12,22-24,26-30H,9-11,13-21H2,1-8H3/t23-,24-,26+,27+,28-,29+,30+,32+,33-/m1/s1. The molecule has 4 aliphatic carbocycles. The van der Waals surface area contributed by atoms with E-state index < -0.39 is 0 Å². The van der Waals surface area contributed by atoms with Crippen LogP contribution in [-0.4, -0.2) is 37.6 Å². The number of carbonyl (C=O) groups is 1. The quantitative estimate of drug-likeness (QED) is 0.237. The van der Waals surface area contributed by atoms with Gasteiger partial charge in [-0.1, -0.05) is 66.0 Å². The van der Waals surface area contributed by atoms with Gasteiger partial charge in [-0.25, -0.2) is 0 Å². The molecule has 4 rings (SSSR count). The minimum atomic E-state index is -0.0684. The molecule has 0 amide bonds. The number of likely N-dealkylation sites (N-methyl/N-ethyl adjacent to an activating group) is 1. The van der Waals surface area contributed by atoms with E-state index in [1.54, 1.807) is 5.57 Å². The number of allylic oxidation sites excluding steroid dienone is 1. The van der Waals surface area contributed by atoms with Gasteiger partial charge in [-0.15, -0.1) is 0 Å². The van der Waals surface area contributed by atoms with Crippen molar-refractivity contribution in [2.75, 3.05) is 20.6 Å². The average Bonchev–Trinajstić information content (AvgIpc) is 3.16. The number of nitrogens with zero attached hydrogens (tertiary/aromatic N) is 1. The molecule has 3 nitrogen and oxygen atoms in total. The van der Waals surface area contributed by atoms with Crippen LogP contribution >= 0.6 is 0 Å². The van der Waals surface area contributed by atoms with Crippen LogP contribution in [0.5, 0.6) is 0 Å². The van der Waals surface area contributed by atoms with Crippen molar-refractivity contribution in [3.05, 3.63) is 11.6 Å². The van der Waals surface area contributed by atoms with Gasteiger partial charge >= 0.3 is 5.97 Å². The van der Waals surface area contributed by atoms with Crippen LogP contribution in [0.2, 0.25) is 0 Å². The molecule has 9 atom stereocenters. The van der Waals surface area contributed by atoms with Gasteiger partial charge in [0.25, 0.3) is 0 Å². The lowest BCUT2D eigenvalue weighted by molar-refractivity contribution is -0.152. The summed E-state index contributed by atoms with van der Waals surface area (Å²) in [4.78, 5) is 14.2. The van der Waals surface area contributed by atoms with E-state index in [0.717, 1.165) is 54.3 Å². The monoisotopic (exact) mass is 499 g/mol. The Morgan fingerprint density at radius 2 is 1.81 bits per heavy atom. The Balaban J connectivity index is 1.42. The lowest BCUT2D eigenvalue weighted by atomic mass is 9.47. The van der Waals surface area contributed by atoms with E-state index in [1.165, 1.54) is 57.8 Å². The van der Waals surface area contributed by atoms with Gasteiger partial charge in [0, 0.05) is 6.42 Å². The first kappa shape index (κ1) is 28.2. The molecule has 0 aromatic rings. The van der Waals surface area contributed by atoms with Crippen molar-refractivity contribution >= 4 is 5.97 Å². The van der Waals surface area contributed by atoms with Crippen molar-refractivity contribution in [1.29, 1.82) is 0 Å². The highest BCUT2D eigenvalue weighted by atomic mass is 16.5. The zero-order chi connectivity index (χ0) is 26.3. The summed E-state index contributed by atoms with van der Waals surface area (Å²) in [5, 5.41) is 0. The molecule has 206 valence electrons. The van der Waals surface area contributed by atoms with Crippen LogP contribution in [0.3, 0.4) is 0 Å². The fourth-order valence-electron chi connectivity index (χ4n) is 9.87. The number of hydrogen-bond acceptors (Lipinski definition) is 3. The van der Waals surface area contributed by atoms with Crippen molar-refractivity contribution in [2.24, 2.45) is 52.3 Å². The molecule has 0 spiro atoms. The second kappa shape index (κ2) is 11.1. The third kappa shape index (κ3) is 5.34. The number of hydrogen-bond donors (Lipinski definition) is 0. The van der Waals surface area contributed by atoms with Crippen LogP contribution in [-0.2, 0) is 9.53 Å². The smallest absolute Gasteiger partial charge is 0.320 e. The Hall–Kier alpha value is -0.830. The molecule has 0 saturated heterocycles. The molecule has 0 unspecified atom stereocenters. The van der Waals surface area contributed by atoms with E-state index in [-0.39, 0.29) is 12.1 Å². The summed E-state index contributed by atoms with van der Waals surface area (Å²) in [6.45, 7) is 15.5. The van der Waals surface area contributed by atoms with Crippen LogP contribution < -0.4 is 0 Å². The summed E-state index contributed by atoms with van der Waals surface area (Å²) < 4.78 is 5.90. The number of ether oxygens (including phenoxy) is 1. The molecular formula is C33H57NO2. The van der Waals surface area contributed by atoms with Crippen LogP contribution in [0.15, 0.2) is 11.6 Å². The lowest BCUT2D eigenvalue weighted by Gasteiger charge is -2.58. The third-order valence-corrected chi connectivity index (χ3v) is 12.0. The zero-order valence-corrected chi connectivity index (χ0v) is 24.9. The van der Waals surface area contributed by atoms with Gasteiger partial charge in [-0.3, -0.25) is 9.69 Å². The van der Waals surface area contributed by atoms with Crippen LogP contribution in [0, 0.1) is 52.3 Å². The molecule has 0 heterocycles. The molecule has 3 heteroatoms. The van der Waals surface area contributed by atoms with Gasteiger partial charge in [0.2, 0.25) is 0 Å². The Morgan fingerprint density at radius 1 is 1.06 bits per heavy atom. The van der Waals surface area contributed by atoms with Crippen LogP contribution in [0.1, 0.15) is 112 Å². The van der Waals surface area contributed by atoms with E-state index in [2.05, 4.69) is 47.6 Å². The SMILES string of the molecule is CC[C@H](CC[C@@H](C)[C@H]1CC[C@H]2[C@@H]3CC=C4C[C@@H](OC(=O)CN(C)C)CC[C@]4(C)[C@H]3CC[C@]12C)C(C)C. The van der Waals surface area contributed by atoms with E-state index in [4.69, 9.17) is 4.74 Å². The van der Waals surface area contributed by atoms with E-state index in [0.29, 0.717) is 17.4 Å². The molecule has 0 aliphatic heterocycles. The molecule has 3 saturated carbocycles. The maximum atomic E-state index is 12.3. The second-order valence-corrected chi connectivity index (χ2v) is 14.5. The Kier molecular flexibility index (Phi) is 8.70. The Morgan fingerprint density at radius 3 is 2.47 bits per heavy atom. The first-order chi connectivity index (χ1) is 17.0. The highest BCUT2D eigenvalue weighted by Gasteiger charge is 2.59. The molecule has 36 heavy (non-hydrogen) atoms. The Labute approximate surface area is 223 Å². The predicted octanol–water partition coefficient (Wildman–Crippen LogP) is 8.14. The first-order valence-electron chi connectivity index (χ1n) is 15.5. The highest BCUT2D eigenvalue weighted by molar-refractivity contribution is 5.71. The normalized spacial score (nSPS) is 39.7. The molecule has 0 aromatic heterocycles. The minimum Gasteiger partial charge on any atom is -0.461 e. The lowest BCUT2D eigenvalue weighted by Crippen LogP contribution is -2.51. The number of carbonyl (C=O) groups excluding carboxylic acids is 1. The largest absolute Gasteiger partial charge is 0.461 e. The summed E-state index contributed by atoms with van der Waals surface area (Å²) in [6.07, 6.45) is 17.1. The predicted molar refractivity (Wildman–Crippen MR) is 151 cm³/mol. The Bertz CT molecular complexity index is 802. The number of fused-ring (bicyclic) bond motifs is 5. The van der Waals surface area contributed by atoms with Crippen molar-refractivity contribution in [3.63, 3.8) is 0 Å². The summed E-state index contributed by atoms with van der Waals surface area (Å²) >= 11 is 0. The second-order valence-electron chi connectivity index (χ2n) is 14.5. The molecule has 4 aliphatic rings. The fraction of sp³-hybridized carbons (Fsp3) is 0.909. The molecular weight excluding hydrogens is 442 g/mol. The van der Waals surface area contributed by atoms with Gasteiger partial charge in [0.05, 0.1) is 6.54 Å². The van der Waals surface area contributed by atoms with Gasteiger partial charge in [0.15, 0.2) is 0 Å². The van der Waals surface area contributed by atoms with Gasteiger partial charge in [-0.05, 0) is 118 Å². The maximum Gasteiger partial charge on any atom is 0.320 e. The van der Waals surface area contributed by atoms with Crippen molar-refractivity contribution in [2.45, 2.75) is 118 Å². The number of esters is 1. The number of rotatable bonds is 9. The minimum absolute atomic E-state index is 0.0684. The molecule has 0 radical (unpaired) electrons. The maximum absolute atomic E-state index is 12.3. The van der Waals surface area contributed by atoms with E-state index >= 15 is 0 Å². The van der Waals surface area contributed by atoms with Crippen LogP contribution in [0.4, 0.5) is 0 Å². The zero-order valence-electron chi connectivity index (χ0n) is 24.9. The third-order valence-electron chi connectivity index (χ3n) is 12.0. The summed E-state index contributed by atoms with van der Waals surface area (Å²) in [7, 11) is 3.86. The average molecular weight is 500 g/mol. The highest BCUT2D eigenvalue weighted by Crippen LogP contribution is 2.67. The van der Waals surface area contributed by atoms with Gasteiger partial charge in [-0.2, -0.15) is 0 Å². The molecule has 0 bridgehead atoms. The summed E-state index contributed by atoms with van der Waals surface area (Å²) in [6, 6.07) is 0. The van der Waals surface area contributed by atoms with Gasteiger partial charge in [0.1, 0.15) is 6.10 Å². The summed E-state index contributed by atoms with van der Waals surface area (Å²) in [5.74, 6) is 6.02. The van der Waals surface area contributed by atoms with Gasteiger partial charge < -0.3 is 4.74 Å². The fourth-order valence-corrected chi connectivity index (χ4v) is 9.87. The molecule has 0 aromatic carbocycles. The molecule has 3 fully saturated rings. The topological polar surface area (TPSA) is 29.5 Å². The van der Waals surface area contributed by atoms with Crippen molar-refractivity contribution < 1.29 is 9.53 Å². The van der Waals surface area contributed by atoms with Crippen molar-refractivity contribution in [1.82, 2.24) is 4.90 Å². The van der Waals surface area contributed by atoms with Crippen molar-refractivity contribution in [3.8, 4) is 0 Å². The van der Waals surface area contributed by atoms with Crippen LogP contribution in [0.25, 0.3) is 0 Å². The van der Waals surface area contributed by atoms with E-state index in [9.17, 15) is 4.79 Å². The summed E-state index contributed by atoms with van der Waals surface area (Å²) in [5.41, 5.74) is 2.48.